The minimum atomic E-state index is 0.105. The Morgan fingerprint density at radius 2 is 1.93 bits per heavy atom. The van der Waals surface area contributed by atoms with E-state index < -0.39 is 0 Å². The summed E-state index contributed by atoms with van der Waals surface area (Å²) in [5.41, 5.74) is 3.24. The minimum absolute atomic E-state index is 0.105. The summed E-state index contributed by atoms with van der Waals surface area (Å²) in [5.74, 6) is 1.22. The van der Waals surface area contributed by atoms with E-state index in [1.807, 2.05) is 51.9 Å². The van der Waals surface area contributed by atoms with E-state index in [0.29, 0.717) is 10.8 Å². The number of anilines is 1. The topological polar surface area (TPSA) is 51.0 Å². The van der Waals surface area contributed by atoms with Crippen LogP contribution in [0.15, 0.2) is 53.7 Å². The molecule has 150 valence electrons. The molecule has 1 aliphatic rings. The molecule has 0 fully saturated rings. The second-order valence-electron chi connectivity index (χ2n) is 7.13. The molecule has 1 aromatic heterocycles. The molecule has 2 aromatic carbocycles. The van der Waals surface area contributed by atoms with Crippen LogP contribution in [0.3, 0.4) is 0 Å². The second kappa shape index (κ2) is 8.59. The van der Waals surface area contributed by atoms with Gasteiger partial charge in [-0.3, -0.25) is 4.79 Å². The van der Waals surface area contributed by atoms with Gasteiger partial charge in [-0.15, -0.1) is 10.2 Å². The number of benzene rings is 2. The number of aryl methyl sites for hydroxylation is 1. The second-order valence-corrected chi connectivity index (χ2v) is 8.51. The van der Waals surface area contributed by atoms with Crippen LogP contribution in [0.25, 0.3) is 11.4 Å². The van der Waals surface area contributed by atoms with E-state index in [4.69, 9.17) is 11.6 Å². The number of carbonyl (C=O) groups is 1. The number of rotatable bonds is 5. The van der Waals surface area contributed by atoms with Crippen LogP contribution in [-0.4, -0.2) is 32.5 Å². The maximum absolute atomic E-state index is 13.1. The molecule has 1 amide bonds. The average molecular weight is 427 g/mol. The highest BCUT2D eigenvalue weighted by molar-refractivity contribution is 7.99. The lowest BCUT2D eigenvalue weighted by atomic mass is 9.97. The number of hydrogen-bond donors (Lipinski definition) is 0. The van der Waals surface area contributed by atoms with E-state index >= 15 is 0 Å². The molecule has 0 spiro atoms. The highest BCUT2D eigenvalue weighted by Gasteiger charge is 2.28. The van der Waals surface area contributed by atoms with Gasteiger partial charge in [-0.2, -0.15) is 0 Å². The molecule has 0 N–H and O–H groups in total. The lowest BCUT2D eigenvalue weighted by molar-refractivity contribution is -0.116. The van der Waals surface area contributed by atoms with Crippen molar-refractivity contribution in [1.29, 1.82) is 0 Å². The van der Waals surface area contributed by atoms with E-state index in [1.165, 1.54) is 17.3 Å². The highest BCUT2D eigenvalue weighted by atomic mass is 35.5. The van der Waals surface area contributed by atoms with Crippen LogP contribution in [0.4, 0.5) is 5.69 Å². The zero-order valence-electron chi connectivity index (χ0n) is 16.5. The molecule has 0 saturated heterocycles. The summed E-state index contributed by atoms with van der Waals surface area (Å²) >= 11 is 7.44. The first kappa shape index (κ1) is 20.0. The zero-order chi connectivity index (χ0) is 20.4. The smallest absolute Gasteiger partial charge is 0.237 e. The summed E-state index contributed by atoms with van der Waals surface area (Å²) < 4.78 is 2.04. The van der Waals surface area contributed by atoms with Gasteiger partial charge in [0.25, 0.3) is 0 Å². The van der Waals surface area contributed by atoms with Crippen molar-refractivity contribution in [2.75, 3.05) is 10.7 Å². The van der Waals surface area contributed by atoms with Crippen LogP contribution in [0.1, 0.15) is 25.8 Å². The van der Waals surface area contributed by atoms with Gasteiger partial charge in [0.05, 0.1) is 5.75 Å². The number of fused-ring (bicyclic) bond motifs is 1. The number of halogens is 1. The van der Waals surface area contributed by atoms with Gasteiger partial charge in [-0.25, -0.2) is 0 Å². The van der Waals surface area contributed by atoms with Crippen molar-refractivity contribution in [3.8, 4) is 11.4 Å². The predicted molar refractivity (Wildman–Crippen MR) is 119 cm³/mol. The van der Waals surface area contributed by atoms with Crippen molar-refractivity contribution in [1.82, 2.24) is 14.8 Å². The van der Waals surface area contributed by atoms with Gasteiger partial charge in [0.1, 0.15) is 0 Å². The Balaban J connectivity index is 1.52. The summed E-state index contributed by atoms with van der Waals surface area (Å²) in [4.78, 5) is 15.0. The Morgan fingerprint density at radius 3 is 2.69 bits per heavy atom. The number of amides is 1. The summed E-state index contributed by atoms with van der Waals surface area (Å²) in [6, 6.07) is 15.9. The molecule has 0 saturated carbocycles. The monoisotopic (exact) mass is 426 g/mol. The third-order valence-corrected chi connectivity index (χ3v) is 6.46. The molecule has 1 aliphatic heterocycles. The SMILES string of the molecule is CCn1c(SCC(=O)N2c3ccccc3CCC2C)nnc1-c1ccc(Cl)cc1. The van der Waals surface area contributed by atoms with Gasteiger partial charge in [-0.05, 0) is 62.6 Å². The third-order valence-electron chi connectivity index (χ3n) is 5.25. The van der Waals surface area contributed by atoms with Crippen LogP contribution < -0.4 is 4.90 Å². The van der Waals surface area contributed by atoms with Crippen molar-refractivity contribution >= 4 is 35.0 Å². The van der Waals surface area contributed by atoms with E-state index in [-0.39, 0.29) is 11.9 Å². The standard InChI is InChI=1S/C22H23ClN4OS/c1-3-26-21(17-10-12-18(23)13-11-17)24-25-22(26)29-14-20(28)27-15(2)8-9-16-6-4-5-7-19(16)27/h4-7,10-13,15H,3,8-9,14H2,1-2H3. The first-order valence-electron chi connectivity index (χ1n) is 9.80. The molecule has 7 heteroatoms. The summed E-state index contributed by atoms with van der Waals surface area (Å²) in [6.45, 7) is 4.90. The minimum Gasteiger partial charge on any atom is -0.309 e. The Morgan fingerprint density at radius 1 is 1.17 bits per heavy atom. The quantitative estimate of drug-likeness (QED) is 0.534. The van der Waals surface area contributed by atoms with Crippen LogP contribution in [-0.2, 0) is 17.8 Å². The summed E-state index contributed by atoms with van der Waals surface area (Å²) in [5, 5.41) is 10.1. The van der Waals surface area contributed by atoms with Crippen molar-refractivity contribution in [2.45, 2.75) is 44.4 Å². The number of thioether (sulfide) groups is 1. The number of aromatic nitrogens is 3. The fourth-order valence-corrected chi connectivity index (χ4v) is 4.74. The van der Waals surface area contributed by atoms with E-state index in [0.717, 1.165) is 41.6 Å². The van der Waals surface area contributed by atoms with E-state index in [1.54, 1.807) is 0 Å². The number of para-hydroxylation sites is 1. The fourth-order valence-electron chi connectivity index (χ4n) is 3.76. The molecule has 2 heterocycles. The van der Waals surface area contributed by atoms with Crippen LogP contribution in [0.2, 0.25) is 5.02 Å². The zero-order valence-corrected chi connectivity index (χ0v) is 18.1. The van der Waals surface area contributed by atoms with Gasteiger partial charge in [-0.1, -0.05) is 41.6 Å². The summed E-state index contributed by atoms with van der Waals surface area (Å²) in [7, 11) is 0. The van der Waals surface area contributed by atoms with Crippen molar-refractivity contribution < 1.29 is 4.79 Å². The van der Waals surface area contributed by atoms with Crippen LogP contribution in [0.5, 0.6) is 0 Å². The largest absolute Gasteiger partial charge is 0.309 e. The van der Waals surface area contributed by atoms with E-state index in [9.17, 15) is 4.79 Å². The molecule has 1 unspecified atom stereocenters. The molecule has 1 atom stereocenters. The van der Waals surface area contributed by atoms with Crippen molar-refractivity contribution in [3.05, 3.63) is 59.1 Å². The maximum Gasteiger partial charge on any atom is 0.237 e. The molecular weight excluding hydrogens is 404 g/mol. The molecule has 0 aliphatic carbocycles. The summed E-state index contributed by atoms with van der Waals surface area (Å²) in [6.07, 6.45) is 2.00. The maximum atomic E-state index is 13.1. The van der Waals surface area contributed by atoms with Crippen molar-refractivity contribution in [3.63, 3.8) is 0 Å². The molecule has 5 nitrogen and oxygen atoms in total. The average Bonchev–Trinajstić information content (AvgIpc) is 3.15. The molecule has 0 radical (unpaired) electrons. The van der Waals surface area contributed by atoms with Gasteiger partial charge < -0.3 is 9.47 Å². The molecule has 3 aromatic rings. The van der Waals surface area contributed by atoms with Gasteiger partial charge in [0.2, 0.25) is 5.91 Å². The Kier molecular flexibility index (Phi) is 5.92. The molecule has 29 heavy (non-hydrogen) atoms. The highest BCUT2D eigenvalue weighted by Crippen LogP contribution is 2.32. The van der Waals surface area contributed by atoms with E-state index in [2.05, 4.69) is 30.1 Å². The Labute approximate surface area is 180 Å². The molecule has 0 bridgehead atoms. The van der Waals surface area contributed by atoms with Crippen molar-refractivity contribution in [2.24, 2.45) is 0 Å². The Bertz CT molecular complexity index is 1020. The van der Waals surface area contributed by atoms with Gasteiger partial charge in [0, 0.05) is 28.9 Å². The normalized spacial score (nSPS) is 16.0. The third kappa shape index (κ3) is 4.05. The lowest BCUT2D eigenvalue weighted by Crippen LogP contribution is -2.43. The number of nitrogens with zero attached hydrogens (tertiary/aromatic N) is 4. The van der Waals surface area contributed by atoms with Crippen LogP contribution in [0, 0.1) is 0 Å². The Hall–Kier alpha value is -2.31. The number of carbonyl (C=O) groups excluding carboxylic acids is 1. The molecular formula is C22H23ClN4OS. The first-order valence-corrected chi connectivity index (χ1v) is 11.2. The lowest BCUT2D eigenvalue weighted by Gasteiger charge is -2.35. The van der Waals surface area contributed by atoms with Crippen LogP contribution >= 0.6 is 23.4 Å². The molecule has 4 rings (SSSR count). The predicted octanol–water partition coefficient (Wildman–Crippen LogP) is 5.08. The number of hydrogen-bond acceptors (Lipinski definition) is 4. The van der Waals surface area contributed by atoms with Gasteiger partial charge >= 0.3 is 0 Å². The first-order chi connectivity index (χ1) is 14.1. The fraction of sp³-hybridized carbons (Fsp3) is 0.318. The van der Waals surface area contributed by atoms with Gasteiger partial charge in [0.15, 0.2) is 11.0 Å².